The second-order valence-corrected chi connectivity index (χ2v) is 7.37. The van der Waals surface area contributed by atoms with Gasteiger partial charge in [-0.1, -0.05) is 44.0 Å². The topological polar surface area (TPSA) is 91.7 Å². The maximum absolute atomic E-state index is 12.9. The van der Waals surface area contributed by atoms with Crippen LogP contribution in [0.5, 0.6) is 11.5 Å². The second-order valence-electron chi connectivity index (χ2n) is 7.37. The van der Waals surface area contributed by atoms with Crippen LogP contribution in [0.3, 0.4) is 0 Å². The molecule has 0 bridgehead atoms. The van der Waals surface area contributed by atoms with Gasteiger partial charge in [-0.2, -0.15) is 5.10 Å². The molecule has 174 valence electrons. The highest BCUT2D eigenvalue weighted by atomic mass is 16.5. The average Bonchev–Trinajstić information content (AvgIpc) is 3.31. The summed E-state index contributed by atoms with van der Waals surface area (Å²) in [4.78, 5) is 24.9. The average molecular weight is 452 g/mol. The van der Waals surface area contributed by atoms with E-state index in [4.69, 9.17) is 14.2 Å². The Bertz CT molecular complexity index is 1080. The van der Waals surface area contributed by atoms with E-state index in [-0.39, 0.29) is 18.2 Å². The molecule has 0 unspecified atom stereocenters. The van der Waals surface area contributed by atoms with E-state index in [1.807, 2.05) is 36.4 Å². The van der Waals surface area contributed by atoms with Gasteiger partial charge in [0.05, 0.1) is 19.9 Å². The van der Waals surface area contributed by atoms with Crippen molar-refractivity contribution < 1.29 is 23.8 Å². The largest absolute Gasteiger partial charge is 0.493 e. The Morgan fingerprint density at radius 2 is 1.76 bits per heavy atom. The van der Waals surface area contributed by atoms with E-state index < -0.39 is 5.97 Å². The molecule has 1 aromatic heterocycles. The van der Waals surface area contributed by atoms with Crippen LogP contribution in [0.4, 0.5) is 0 Å². The number of carbonyl (C=O) groups excluding carboxylic acids is 2. The number of para-hydroxylation sites is 1. The molecule has 0 aliphatic heterocycles. The lowest BCUT2D eigenvalue weighted by Gasteiger charge is -2.10. The van der Waals surface area contributed by atoms with Gasteiger partial charge in [-0.05, 0) is 36.2 Å². The highest BCUT2D eigenvalue weighted by Gasteiger charge is 2.22. The number of hydrogen-bond donors (Lipinski definition) is 1. The fourth-order valence-corrected chi connectivity index (χ4v) is 3.31. The molecule has 3 rings (SSSR count). The van der Waals surface area contributed by atoms with Gasteiger partial charge in [0.25, 0.3) is 5.91 Å². The molecule has 0 aliphatic rings. The number of nitrogens with zero attached hydrogens (tertiary/aromatic N) is 2. The Morgan fingerprint density at radius 3 is 2.45 bits per heavy atom. The van der Waals surface area contributed by atoms with Crippen LogP contribution in [-0.4, -0.2) is 49.0 Å². The zero-order chi connectivity index (χ0) is 23.6. The number of unbranched alkanes of at least 4 members (excludes halogenated alkanes) is 2. The van der Waals surface area contributed by atoms with Crippen LogP contribution in [0.1, 0.15) is 36.7 Å². The predicted molar refractivity (Wildman–Crippen MR) is 125 cm³/mol. The SMILES string of the molecule is CCCCCNC(=O)COC(=O)c1nn(-c2ccccc2)cc1-c1ccc(OC)c(OC)c1. The van der Waals surface area contributed by atoms with E-state index in [9.17, 15) is 9.59 Å². The Morgan fingerprint density at radius 1 is 1.00 bits per heavy atom. The third-order valence-corrected chi connectivity index (χ3v) is 5.06. The highest BCUT2D eigenvalue weighted by molar-refractivity contribution is 5.96. The van der Waals surface area contributed by atoms with Crippen LogP contribution in [-0.2, 0) is 9.53 Å². The molecule has 0 aliphatic carbocycles. The predicted octanol–water partition coefficient (Wildman–Crippen LogP) is 4.02. The first-order valence-corrected chi connectivity index (χ1v) is 10.9. The molecule has 0 radical (unpaired) electrons. The number of methoxy groups -OCH3 is 2. The first-order chi connectivity index (χ1) is 16.1. The molecular formula is C25H29N3O5. The Hall–Kier alpha value is -3.81. The van der Waals surface area contributed by atoms with Crippen molar-refractivity contribution in [2.45, 2.75) is 26.2 Å². The van der Waals surface area contributed by atoms with Crippen molar-refractivity contribution in [1.82, 2.24) is 15.1 Å². The first kappa shape index (κ1) is 23.8. The van der Waals surface area contributed by atoms with Gasteiger partial charge in [-0.15, -0.1) is 0 Å². The number of aromatic nitrogens is 2. The van der Waals surface area contributed by atoms with Crippen LogP contribution < -0.4 is 14.8 Å². The summed E-state index contributed by atoms with van der Waals surface area (Å²) in [6.45, 7) is 2.28. The third-order valence-electron chi connectivity index (χ3n) is 5.06. The van der Waals surface area contributed by atoms with Gasteiger partial charge in [-0.3, -0.25) is 4.79 Å². The molecule has 3 aromatic rings. The van der Waals surface area contributed by atoms with Gasteiger partial charge in [0.2, 0.25) is 0 Å². The lowest BCUT2D eigenvalue weighted by Crippen LogP contribution is -2.29. The van der Waals surface area contributed by atoms with Crippen molar-refractivity contribution in [3.05, 3.63) is 60.4 Å². The Labute approximate surface area is 193 Å². The molecule has 0 saturated carbocycles. The van der Waals surface area contributed by atoms with Crippen LogP contribution >= 0.6 is 0 Å². The van der Waals surface area contributed by atoms with Crippen molar-refractivity contribution >= 4 is 11.9 Å². The number of hydrogen-bond acceptors (Lipinski definition) is 6. The Kier molecular flexibility index (Phi) is 8.46. The molecule has 33 heavy (non-hydrogen) atoms. The van der Waals surface area contributed by atoms with E-state index in [0.717, 1.165) is 24.9 Å². The van der Waals surface area contributed by atoms with Crippen molar-refractivity contribution in [2.24, 2.45) is 0 Å². The normalized spacial score (nSPS) is 10.5. The van der Waals surface area contributed by atoms with Crippen molar-refractivity contribution in [2.75, 3.05) is 27.4 Å². The van der Waals surface area contributed by atoms with Gasteiger partial charge in [0.15, 0.2) is 23.8 Å². The fraction of sp³-hybridized carbons (Fsp3) is 0.320. The van der Waals surface area contributed by atoms with Crippen molar-refractivity contribution in [3.8, 4) is 28.3 Å². The number of esters is 1. The minimum absolute atomic E-state index is 0.102. The summed E-state index contributed by atoms with van der Waals surface area (Å²) < 4.78 is 17.6. The molecule has 1 amide bonds. The molecule has 0 spiro atoms. The maximum atomic E-state index is 12.9. The molecule has 1 heterocycles. The standard InChI is InChI=1S/C25H29N3O5/c1-4-5-9-14-26-23(29)17-33-25(30)24-20(16-28(27-24)19-10-7-6-8-11-19)18-12-13-21(31-2)22(15-18)32-3/h6-8,10-13,15-16H,4-5,9,14,17H2,1-3H3,(H,26,29). The first-order valence-electron chi connectivity index (χ1n) is 10.9. The third kappa shape index (κ3) is 6.12. The molecule has 0 fully saturated rings. The van der Waals surface area contributed by atoms with Crippen molar-refractivity contribution in [1.29, 1.82) is 0 Å². The highest BCUT2D eigenvalue weighted by Crippen LogP contribution is 2.34. The lowest BCUT2D eigenvalue weighted by atomic mass is 10.1. The smallest absolute Gasteiger partial charge is 0.360 e. The summed E-state index contributed by atoms with van der Waals surface area (Å²) in [7, 11) is 3.10. The zero-order valence-corrected chi connectivity index (χ0v) is 19.2. The summed E-state index contributed by atoms with van der Waals surface area (Å²) in [5.74, 6) is 0.0709. The monoisotopic (exact) mass is 451 g/mol. The van der Waals surface area contributed by atoms with Crippen LogP contribution in [0.2, 0.25) is 0 Å². The number of rotatable bonds is 11. The molecule has 1 N–H and O–H groups in total. The number of nitrogens with one attached hydrogen (secondary N) is 1. The summed E-state index contributed by atoms with van der Waals surface area (Å²) in [5.41, 5.74) is 2.13. The lowest BCUT2D eigenvalue weighted by molar-refractivity contribution is -0.124. The number of benzene rings is 2. The Balaban J connectivity index is 1.86. The molecule has 8 heteroatoms. The molecule has 2 aromatic carbocycles. The van der Waals surface area contributed by atoms with E-state index >= 15 is 0 Å². The molecule has 8 nitrogen and oxygen atoms in total. The summed E-state index contributed by atoms with van der Waals surface area (Å²) in [6, 6.07) is 14.8. The van der Waals surface area contributed by atoms with Gasteiger partial charge in [0, 0.05) is 18.3 Å². The number of amides is 1. The number of ether oxygens (including phenoxy) is 3. The van der Waals surface area contributed by atoms with Crippen LogP contribution in [0.25, 0.3) is 16.8 Å². The molecular weight excluding hydrogens is 422 g/mol. The quantitative estimate of drug-likeness (QED) is 0.350. The summed E-state index contributed by atoms with van der Waals surface area (Å²) >= 11 is 0. The molecule has 0 atom stereocenters. The minimum atomic E-state index is -0.682. The van der Waals surface area contributed by atoms with E-state index in [1.54, 1.807) is 37.2 Å². The van der Waals surface area contributed by atoms with Crippen molar-refractivity contribution in [3.63, 3.8) is 0 Å². The second kappa shape index (κ2) is 11.7. The van der Waals surface area contributed by atoms with Gasteiger partial charge in [0.1, 0.15) is 0 Å². The van der Waals surface area contributed by atoms with Crippen LogP contribution in [0.15, 0.2) is 54.7 Å². The van der Waals surface area contributed by atoms with E-state index in [2.05, 4.69) is 17.3 Å². The van der Waals surface area contributed by atoms with Crippen LogP contribution in [0, 0.1) is 0 Å². The zero-order valence-electron chi connectivity index (χ0n) is 19.2. The minimum Gasteiger partial charge on any atom is -0.493 e. The van der Waals surface area contributed by atoms with E-state index in [1.165, 1.54) is 0 Å². The van der Waals surface area contributed by atoms with Gasteiger partial charge >= 0.3 is 5.97 Å². The van der Waals surface area contributed by atoms with Gasteiger partial charge < -0.3 is 19.5 Å². The fourth-order valence-electron chi connectivity index (χ4n) is 3.31. The number of carbonyl (C=O) groups is 2. The maximum Gasteiger partial charge on any atom is 0.360 e. The summed E-state index contributed by atoms with van der Waals surface area (Å²) in [6.07, 6.45) is 4.73. The summed E-state index contributed by atoms with van der Waals surface area (Å²) in [5, 5.41) is 7.21. The van der Waals surface area contributed by atoms with E-state index in [0.29, 0.717) is 29.2 Å². The van der Waals surface area contributed by atoms with Gasteiger partial charge in [-0.25, -0.2) is 9.48 Å². The molecule has 0 saturated heterocycles.